The van der Waals surface area contributed by atoms with E-state index in [9.17, 15) is 14.4 Å². The quantitative estimate of drug-likeness (QED) is 0.556. The second-order valence-electron chi connectivity index (χ2n) is 6.58. The van der Waals surface area contributed by atoms with Gasteiger partial charge in [0.1, 0.15) is 0 Å². The zero-order valence-corrected chi connectivity index (χ0v) is 16.0. The second-order valence-corrected chi connectivity index (χ2v) is 6.90. The molecule has 0 aromatic heterocycles. The van der Waals surface area contributed by atoms with Crippen molar-refractivity contribution in [2.75, 3.05) is 12.8 Å². The Morgan fingerprint density at radius 1 is 1.12 bits per heavy atom. The molecular formula is C19H28N2O3S. The Kier molecular flexibility index (Phi) is 9.27. The highest BCUT2D eigenvalue weighted by molar-refractivity contribution is 7.81. The molecule has 0 bridgehead atoms. The lowest BCUT2D eigenvalue weighted by molar-refractivity contribution is -0.131. The average molecular weight is 365 g/mol. The minimum atomic E-state index is -0.581. The number of benzene rings is 1. The molecule has 0 fully saturated rings. The van der Waals surface area contributed by atoms with E-state index in [1.165, 1.54) is 0 Å². The van der Waals surface area contributed by atoms with E-state index >= 15 is 0 Å². The monoisotopic (exact) mass is 364 g/mol. The normalized spacial score (nSPS) is 13.2. The summed E-state index contributed by atoms with van der Waals surface area (Å²) in [7, 11) is 1.57. The highest BCUT2D eigenvalue weighted by atomic mass is 32.1. The molecule has 25 heavy (non-hydrogen) atoms. The van der Waals surface area contributed by atoms with E-state index in [0.29, 0.717) is 12.8 Å². The van der Waals surface area contributed by atoms with E-state index in [1.807, 2.05) is 44.2 Å². The molecule has 1 rings (SSSR count). The molecule has 0 aliphatic heterocycles. The molecule has 138 valence electrons. The highest BCUT2D eigenvalue weighted by Crippen LogP contribution is 2.16. The topological polar surface area (TPSA) is 75.3 Å². The zero-order valence-electron chi connectivity index (χ0n) is 15.1. The van der Waals surface area contributed by atoms with E-state index in [2.05, 4.69) is 23.3 Å². The van der Waals surface area contributed by atoms with Gasteiger partial charge in [-0.05, 0) is 24.3 Å². The van der Waals surface area contributed by atoms with Crippen LogP contribution in [-0.4, -0.2) is 36.4 Å². The molecule has 0 aliphatic rings. The third-order valence-corrected chi connectivity index (χ3v) is 4.25. The first-order chi connectivity index (χ1) is 11.9. The first-order valence-electron chi connectivity index (χ1n) is 8.55. The lowest BCUT2D eigenvalue weighted by Crippen LogP contribution is -2.44. The van der Waals surface area contributed by atoms with Crippen molar-refractivity contribution in [2.45, 2.75) is 39.2 Å². The Labute approximate surface area is 155 Å². The summed E-state index contributed by atoms with van der Waals surface area (Å²) < 4.78 is 0. The van der Waals surface area contributed by atoms with Crippen molar-refractivity contribution < 1.29 is 14.4 Å². The van der Waals surface area contributed by atoms with Crippen molar-refractivity contribution in [2.24, 2.45) is 11.8 Å². The number of amides is 2. The number of carbonyl (C=O) groups excluding carboxylic acids is 3. The molecule has 6 heteroatoms. The maximum absolute atomic E-state index is 12.7. The highest BCUT2D eigenvalue weighted by Gasteiger charge is 2.27. The van der Waals surface area contributed by atoms with Crippen LogP contribution in [0.5, 0.6) is 0 Å². The van der Waals surface area contributed by atoms with Crippen molar-refractivity contribution in [1.82, 2.24) is 10.6 Å². The van der Waals surface area contributed by atoms with Crippen LogP contribution in [0.3, 0.4) is 0 Å². The zero-order chi connectivity index (χ0) is 18.8. The van der Waals surface area contributed by atoms with Gasteiger partial charge in [0.15, 0.2) is 5.78 Å². The van der Waals surface area contributed by atoms with E-state index in [4.69, 9.17) is 0 Å². The average Bonchev–Trinajstić information content (AvgIpc) is 2.60. The molecule has 0 saturated carbocycles. The van der Waals surface area contributed by atoms with Crippen LogP contribution in [0.2, 0.25) is 0 Å². The summed E-state index contributed by atoms with van der Waals surface area (Å²) in [5.74, 6) is -0.731. The number of ketones is 1. The Hall–Kier alpha value is -1.82. The molecule has 0 radical (unpaired) electrons. The molecular weight excluding hydrogens is 336 g/mol. The number of Topliss-reactive ketones (excluding diaryl/α,β-unsaturated/α-hetero) is 1. The first kappa shape index (κ1) is 21.2. The summed E-state index contributed by atoms with van der Waals surface area (Å²) >= 11 is 3.95. The maximum atomic E-state index is 12.7. The Balaban J connectivity index is 2.85. The van der Waals surface area contributed by atoms with Crippen LogP contribution in [0, 0.1) is 11.8 Å². The molecule has 0 saturated heterocycles. The first-order valence-corrected chi connectivity index (χ1v) is 9.19. The van der Waals surface area contributed by atoms with E-state index < -0.39 is 12.0 Å². The van der Waals surface area contributed by atoms with Crippen LogP contribution in [0.4, 0.5) is 0 Å². The van der Waals surface area contributed by atoms with Crippen LogP contribution >= 0.6 is 12.6 Å². The Morgan fingerprint density at radius 3 is 2.28 bits per heavy atom. The molecule has 0 unspecified atom stereocenters. The van der Waals surface area contributed by atoms with Gasteiger partial charge >= 0.3 is 0 Å². The van der Waals surface area contributed by atoms with Crippen LogP contribution < -0.4 is 10.6 Å². The number of carbonyl (C=O) groups is 3. The molecule has 0 spiro atoms. The van der Waals surface area contributed by atoms with Gasteiger partial charge in [0, 0.05) is 19.4 Å². The molecule has 0 heterocycles. The van der Waals surface area contributed by atoms with Crippen molar-refractivity contribution in [3.8, 4) is 0 Å². The van der Waals surface area contributed by atoms with Gasteiger partial charge in [0.2, 0.25) is 11.8 Å². The van der Waals surface area contributed by atoms with Gasteiger partial charge in [-0.15, -0.1) is 0 Å². The number of hydrogen-bond donors (Lipinski definition) is 3. The second kappa shape index (κ2) is 10.9. The lowest BCUT2D eigenvalue weighted by atomic mass is 9.89. The molecule has 1 aromatic carbocycles. The fourth-order valence-electron chi connectivity index (χ4n) is 2.73. The summed E-state index contributed by atoms with van der Waals surface area (Å²) in [5.41, 5.74) is 1.00. The molecule has 5 nitrogen and oxygen atoms in total. The summed E-state index contributed by atoms with van der Waals surface area (Å²) in [5, 5.41) is 5.36. The van der Waals surface area contributed by atoms with Crippen LogP contribution in [0.1, 0.15) is 32.3 Å². The Bertz CT molecular complexity index is 575. The van der Waals surface area contributed by atoms with Gasteiger partial charge in [-0.1, -0.05) is 44.2 Å². The summed E-state index contributed by atoms with van der Waals surface area (Å²) in [6, 6.07) is 9.03. The predicted octanol–water partition coefficient (Wildman–Crippen LogP) is 2.01. The molecule has 0 aliphatic carbocycles. The van der Waals surface area contributed by atoms with Gasteiger partial charge in [0.05, 0.1) is 11.8 Å². The van der Waals surface area contributed by atoms with Crippen LogP contribution in [0.15, 0.2) is 30.3 Å². The van der Waals surface area contributed by atoms with E-state index in [0.717, 1.165) is 5.56 Å². The Morgan fingerprint density at radius 2 is 1.76 bits per heavy atom. The minimum absolute atomic E-state index is 0.0325. The van der Waals surface area contributed by atoms with Crippen molar-refractivity contribution in [1.29, 1.82) is 0 Å². The van der Waals surface area contributed by atoms with Gasteiger partial charge in [-0.2, -0.15) is 12.6 Å². The summed E-state index contributed by atoms with van der Waals surface area (Å²) in [4.78, 5) is 36.6. The molecule has 2 atom stereocenters. The largest absolute Gasteiger partial charge is 0.359 e. The number of hydrogen-bond acceptors (Lipinski definition) is 4. The molecule has 2 N–H and O–H groups in total. The third kappa shape index (κ3) is 7.73. The molecule has 1 aromatic rings. The summed E-state index contributed by atoms with van der Waals surface area (Å²) in [6.45, 7) is 3.99. The van der Waals surface area contributed by atoms with Gasteiger partial charge < -0.3 is 10.6 Å². The van der Waals surface area contributed by atoms with Gasteiger partial charge in [0.25, 0.3) is 0 Å². The van der Waals surface area contributed by atoms with Crippen LogP contribution in [-0.2, 0) is 20.8 Å². The standard InChI is InChI=1S/C19H28N2O3S/c1-13(2)9-16(21-18(23)12-25)17(22)11-15(19(24)20-3)10-14-7-5-4-6-8-14/h4-8,13,15-16,25H,9-12H2,1-3H3,(H,20,24)(H,21,23)/t15-,16+/m1/s1. The lowest BCUT2D eigenvalue weighted by Gasteiger charge is -2.22. The van der Waals surface area contributed by atoms with Gasteiger partial charge in [-0.3, -0.25) is 14.4 Å². The van der Waals surface area contributed by atoms with Crippen molar-refractivity contribution in [3.63, 3.8) is 0 Å². The van der Waals surface area contributed by atoms with E-state index in [1.54, 1.807) is 7.05 Å². The number of nitrogens with one attached hydrogen (secondary N) is 2. The fourth-order valence-corrected chi connectivity index (χ4v) is 2.82. The maximum Gasteiger partial charge on any atom is 0.230 e. The third-order valence-electron chi connectivity index (χ3n) is 3.96. The fraction of sp³-hybridized carbons (Fsp3) is 0.526. The number of rotatable bonds is 10. The van der Waals surface area contributed by atoms with Crippen molar-refractivity contribution >= 4 is 30.2 Å². The smallest absolute Gasteiger partial charge is 0.230 e. The van der Waals surface area contributed by atoms with Gasteiger partial charge in [-0.25, -0.2) is 0 Å². The SMILES string of the molecule is CNC(=O)[C@@H](CC(=O)[C@H](CC(C)C)NC(=O)CS)Cc1ccccc1. The summed E-state index contributed by atoms with van der Waals surface area (Å²) in [6.07, 6.45) is 1.13. The van der Waals surface area contributed by atoms with E-state index in [-0.39, 0.29) is 35.7 Å². The number of thiol groups is 1. The van der Waals surface area contributed by atoms with Crippen LogP contribution in [0.25, 0.3) is 0 Å². The van der Waals surface area contributed by atoms with Crippen molar-refractivity contribution in [3.05, 3.63) is 35.9 Å². The minimum Gasteiger partial charge on any atom is -0.359 e. The predicted molar refractivity (Wildman–Crippen MR) is 103 cm³/mol. The molecule has 2 amide bonds.